The van der Waals surface area contributed by atoms with E-state index in [4.69, 9.17) is 4.74 Å². The smallest absolute Gasteiger partial charge is 0.191 e. The van der Waals surface area contributed by atoms with Crippen LogP contribution in [0.3, 0.4) is 0 Å². The van der Waals surface area contributed by atoms with Crippen molar-refractivity contribution in [2.75, 3.05) is 40.3 Å². The summed E-state index contributed by atoms with van der Waals surface area (Å²) in [4.78, 5) is 6.89. The fraction of sp³-hybridized carbons (Fsp3) is 0.500. The molecule has 1 atom stereocenters. The lowest BCUT2D eigenvalue weighted by molar-refractivity contribution is 0.239. The lowest BCUT2D eigenvalue weighted by Gasteiger charge is -2.30. The average molecular weight is 498 g/mol. The first kappa shape index (κ1) is 22.5. The molecule has 1 aromatic carbocycles. The van der Waals surface area contributed by atoms with E-state index in [1.165, 1.54) is 18.4 Å². The Kier molecular flexibility index (Phi) is 9.56. The van der Waals surface area contributed by atoms with Crippen LogP contribution in [0.25, 0.3) is 0 Å². The molecule has 0 spiro atoms. The van der Waals surface area contributed by atoms with Crippen molar-refractivity contribution in [2.24, 2.45) is 4.99 Å². The van der Waals surface area contributed by atoms with Crippen molar-refractivity contribution in [3.8, 4) is 5.75 Å². The number of rotatable bonds is 8. The van der Waals surface area contributed by atoms with E-state index in [1.807, 2.05) is 29.1 Å². The number of aliphatic imine (C=N–C) groups is 1. The highest BCUT2D eigenvalue weighted by molar-refractivity contribution is 14.0. The molecule has 8 heteroatoms. The first-order chi connectivity index (χ1) is 13.3. The van der Waals surface area contributed by atoms with Crippen molar-refractivity contribution in [1.82, 2.24) is 25.3 Å². The van der Waals surface area contributed by atoms with Gasteiger partial charge >= 0.3 is 0 Å². The molecule has 2 N–H and O–H groups in total. The van der Waals surface area contributed by atoms with Gasteiger partial charge in [-0.1, -0.05) is 18.2 Å². The molecule has 1 fully saturated rings. The second-order valence-electron chi connectivity index (χ2n) is 6.65. The lowest BCUT2D eigenvalue weighted by Crippen LogP contribution is -2.43. The second-order valence-corrected chi connectivity index (χ2v) is 6.65. The Morgan fingerprint density at radius 3 is 2.68 bits per heavy atom. The van der Waals surface area contributed by atoms with Crippen LogP contribution in [0.2, 0.25) is 0 Å². The summed E-state index contributed by atoms with van der Waals surface area (Å²) in [6.07, 6.45) is 6.26. The van der Waals surface area contributed by atoms with E-state index in [1.54, 1.807) is 20.4 Å². The van der Waals surface area contributed by atoms with Gasteiger partial charge in [0.25, 0.3) is 0 Å². The molecule has 0 amide bonds. The predicted octanol–water partition coefficient (Wildman–Crippen LogP) is 2.51. The third-order valence-electron chi connectivity index (χ3n) is 4.96. The van der Waals surface area contributed by atoms with Gasteiger partial charge in [-0.2, -0.15) is 5.10 Å². The van der Waals surface area contributed by atoms with Crippen molar-refractivity contribution >= 4 is 29.9 Å². The Hall–Kier alpha value is -1.81. The van der Waals surface area contributed by atoms with Crippen LogP contribution in [0.4, 0.5) is 0 Å². The summed E-state index contributed by atoms with van der Waals surface area (Å²) in [5.41, 5.74) is 1.22. The molecular weight excluding hydrogens is 467 g/mol. The van der Waals surface area contributed by atoms with Crippen LogP contribution in [-0.4, -0.2) is 61.0 Å². The fourth-order valence-electron chi connectivity index (χ4n) is 3.57. The van der Waals surface area contributed by atoms with Gasteiger partial charge in [-0.05, 0) is 38.1 Å². The van der Waals surface area contributed by atoms with E-state index in [-0.39, 0.29) is 30.0 Å². The van der Waals surface area contributed by atoms with E-state index >= 15 is 0 Å². The molecule has 1 saturated heterocycles. The summed E-state index contributed by atoms with van der Waals surface area (Å²) in [6.45, 7) is 4.59. The number of likely N-dealkylation sites (tertiary alicyclic amines) is 1. The summed E-state index contributed by atoms with van der Waals surface area (Å²) >= 11 is 0. The minimum Gasteiger partial charge on any atom is -0.496 e. The number of ether oxygens (including phenoxy) is 1. The maximum absolute atomic E-state index is 5.62. The van der Waals surface area contributed by atoms with E-state index < -0.39 is 0 Å². The Morgan fingerprint density at radius 1 is 1.21 bits per heavy atom. The molecule has 0 bridgehead atoms. The Bertz CT molecular complexity index is 715. The van der Waals surface area contributed by atoms with Crippen LogP contribution < -0.4 is 15.4 Å². The minimum atomic E-state index is 0. The summed E-state index contributed by atoms with van der Waals surface area (Å²) in [7, 11) is 3.54. The normalized spacial score (nSPS) is 15.7. The maximum Gasteiger partial charge on any atom is 0.191 e. The number of benzene rings is 1. The molecule has 2 heterocycles. The van der Waals surface area contributed by atoms with Gasteiger partial charge < -0.3 is 15.4 Å². The predicted molar refractivity (Wildman–Crippen MR) is 124 cm³/mol. The van der Waals surface area contributed by atoms with E-state index in [2.05, 4.69) is 37.8 Å². The van der Waals surface area contributed by atoms with Crippen LogP contribution in [0.5, 0.6) is 5.75 Å². The summed E-state index contributed by atoms with van der Waals surface area (Å²) in [6, 6.07) is 10.5. The first-order valence-corrected chi connectivity index (χ1v) is 9.60. The summed E-state index contributed by atoms with van der Waals surface area (Å²) in [5.74, 6) is 1.75. The van der Waals surface area contributed by atoms with Gasteiger partial charge in [0, 0.05) is 38.1 Å². The number of para-hydroxylation sites is 1. The third kappa shape index (κ3) is 6.10. The Labute approximate surface area is 184 Å². The third-order valence-corrected chi connectivity index (χ3v) is 4.96. The maximum atomic E-state index is 5.62. The number of aromatic nitrogens is 2. The average Bonchev–Trinajstić information content (AvgIpc) is 3.41. The zero-order chi connectivity index (χ0) is 18.9. The van der Waals surface area contributed by atoms with Crippen molar-refractivity contribution in [2.45, 2.75) is 25.4 Å². The van der Waals surface area contributed by atoms with Crippen molar-refractivity contribution in [3.05, 3.63) is 48.3 Å². The molecule has 154 valence electrons. The van der Waals surface area contributed by atoms with Gasteiger partial charge in [-0.25, -0.2) is 0 Å². The van der Waals surface area contributed by atoms with Gasteiger partial charge in [-0.15, -0.1) is 24.0 Å². The molecular formula is C20H31IN6O. The monoisotopic (exact) mass is 498 g/mol. The minimum absolute atomic E-state index is 0. The van der Waals surface area contributed by atoms with Crippen LogP contribution in [0, 0.1) is 0 Å². The molecule has 1 aliphatic heterocycles. The van der Waals surface area contributed by atoms with Gasteiger partial charge in [0.15, 0.2) is 5.96 Å². The number of methoxy groups -OCH3 is 1. The van der Waals surface area contributed by atoms with Gasteiger partial charge in [0.1, 0.15) is 5.75 Å². The second kappa shape index (κ2) is 11.9. The fourth-order valence-corrected chi connectivity index (χ4v) is 3.57. The lowest BCUT2D eigenvalue weighted by atomic mass is 10.0. The number of nitrogens with zero attached hydrogens (tertiary/aromatic N) is 4. The Balaban J connectivity index is 0.00000280. The largest absolute Gasteiger partial charge is 0.496 e. The molecule has 1 unspecified atom stereocenters. The zero-order valence-corrected chi connectivity index (χ0v) is 19.0. The highest BCUT2D eigenvalue weighted by atomic mass is 127. The zero-order valence-electron chi connectivity index (χ0n) is 16.7. The SMILES string of the molecule is CN=C(NCCn1cccn1)NCC(c1ccccc1OC)N1CCCC1.I. The quantitative estimate of drug-likeness (QED) is 0.333. The highest BCUT2D eigenvalue weighted by Crippen LogP contribution is 2.31. The van der Waals surface area contributed by atoms with Gasteiger partial charge in [0.2, 0.25) is 0 Å². The molecule has 7 nitrogen and oxygen atoms in total. The Morgan fingerprint density at radius 2 is 2.00 bits per heavy atom. The highest BCUT2D eigenvalue weighted by Gasteiger charge is 2.25. The molecule has 2 aromatic rings. The molecule has 3 rings (SSSR count). The van der Waals surface area contributed by atoms with E-state index in [0.717, 1.165) is 44.4 Å². The standard InChI is InChI=1S/C20H30N6O.HI/c1-21-20(22-11-15-26-14-7-10-24-26)23-16-18(25-12-5-6-13-25)17-8-3-4-9-19(17)27-2;/h3-4,7-10,14,18H,5-6,11-13,15-16H2,1-2H3,(H2,21,22,23);1H. The molecule has 0 aliphatic carbocycles. The van der Waals surface area contributed by atoms with Crippen LogP contribution >= 0.6 is 24.0 Å². The number of hydrogen-bond donors (Lipinski definition) is 2. The topological polar surface area (TPSA) is 66.7 Å². The number of halogens is 1. The van der Waals surface area contributed by atoms with Crippen LogP contribution in [-0.2, 0) is 6.54 Å². The van der Waals surface area contributed by atoms with Gasteiger partial charge in [-0.3, -0.25) is 14.6 Å². The molecule has 1 aromatic heterocycles. The molecule has 1 aliphatic rings. The number of hydrogen-bond acceptors (Lipinski definition) is 4. The summed E-state index contributed by atoms with van der Waals surface area (Å²) < 4.78 is 7.52. The molecule has 0 saturated carbocycles. The van der Waals surface area contributed by atoms with Crippen LogP contribution in [0.15, 0.2) is 47.7 Å². The molecule has 28 heavy (non-hydrogen) atoms. The van der Waals surface area contributed by atoms with Gasteiger partial charge in [0.05, 0.1) is 19.7 Å². The number of guanidine groups is 1. The van der Waals surface area contributed by atoms with E-state index in [0.29, 0.717) is 0 Å². The van der Waals surface area contributed by atoms with Crippen LogP contribution in [0.1, 0.15) is 24.4 Å². The molecule has 0 radical (unpaired) electrons. The van der Waals surface area contributed by atoms with Crippen molar-refractivity contribution in [1.29, 1.82) is 0 Å². The summed E-state index contributed by atoms with van der Waals surface area (Å²) in [5, 5.41) is 11.1. The van der Waals surface area contributed by atoms with E-state index in [9.17, 15) is 0 Å². The first-order valence-electron chi connectivity index (χ1n) is 9.60. The van der Waals surface area contributed by atoms with Crippen molar-refractivity contribution in [3.63, 3.8) is 0 Å². The number of nitrogens with one attached hydrogen (secondary N) is 2. The van der Waals surface area contributed by atoms with Crippen molar-refractivity contribution < 1.29 is 4.74 Å².